The highest BCUT2D eigenvalue weighted by atomic mass is 16.1. The maximum absolute atomic E-state index is 12.3. The molecule has 0 aliphatic heterocycles. The van der Waals surface area contributed by atoms with Crippen LogP contribution < -0.4 is 11.0 Å². The minimum atomic E-state index is -0.541. The van der Waals surface area contributed by atoms with Crippen molar-refractivity contribution >= 4 is 17.9 Å². The first-order valence-electron chi connectivity index (χ1n) is 10.2. The first-order chi connectivity index (χ1) is 16.0. The summed E-state index contributed by atoms with van der Waals surface area (Å²) in [6, 6.07) is 26.1. The van der Waals surface area contributed by atoms with Crippen molar-refractivity contribution < 1.29 is 4.79 Å². The number of hydrogen-bond acceptors (Lipinski definition) is 6. The van der Waals surface area contributed by atoms with Gasteiger partial charge in [-0.1, -0.05) is 72.8 Å². The highest BCUT2D eigenvalue weighted by Crippen LogP contribution is 2.21. The van der Waals surface area contributed by atoms with Gasteiger partial charge in [-0.05, 0) is 29.7 Å². The lowest BCUT2D eigenvalue weighted by Gasteiger charge is -2.06. The van der Waals surface area contributed by atoms with Crippen LogP contribution >= 0.6 is 0 Å². The highest BCUT2D eigenvalue weighted by molar-refractivity contribution is 5.95. The van der Waals surface area contributed by atoms with E-state index in [1.165, 1.54) is 0 Å². The van der Waals surface area contributed by atoms with Crippen LogP contribution in [0, 0.1) is 11.3 Å². The molecule has 3 aromatic carbocycles. The molecule has 33 heavy (non-hydrogen) atoms. The van der Waals surface area contributed by atoms with E-state index in [4.69, 9.17) is 0 Å². The number of carbonyl (C=O) groups excluding carboxylic acids is 1. The van der Waals surface area contributed by atoms with E-state index >= 15 is 0 Å². The van der Waals surface area contributed by atoms with Gasteiger partial charge in [-0.15, -0.1) is 0 Å². The number of nitriles is 1. The molecule has 0 radical (unpaired) electrons. The SMILES string of the molecule is CC(=O)c1cccc(-c2ccc(C=NNc3nc(-c4ccccc4)c(C#N)c(=O)[nH]3)cc2)c1. The molecule has 160 valence electrons. The third-order valence-electron chi connectivity index (χ3n) is 4.98. The molecule has 4 aromatic rings. The molecule has 0 saturated carbocycles. The van der Waals surface area contributed by atoms with Crippen LogP contribution in [0.3, 0.4) is 0 Å². The van der Waals surface area contributed by atoms with Gasteiger partial charge in [-0.2, -0.15) is 10.4 Å². The predicted octanol–water partition coefficient (Wildman–Crippen LogP) is 4.62. The van der Waals surface area contributed by atoms with Gasteiger partial charge in [0.25, 0.3) is 5.56 Å². The highest BCUT2D eigenvalue weighted by Gasteiger charge is 2.12. The maximum Gasteiger partial charge on any atom is 0.270 e. The van der Waals surface area contributed by atoms with E-state index in [0.717, 1.165) is 16.7 Å². The monoisotopic (exact) mass is 433 g/mol. The lowest BCUT2D eigenvalue weighted by atomic mass is 10.0. The van der Waals surface area contributed by atoms with Gasteiger partial charge in [-0.25, -0.2) is 10.4 Å². The Bertz CT molecular complexity index is 1430. The molecule has 0 bridgehead atoms. The summed E-state index contributed by atoms with van der Waals surface area (Å²) in [5, 5.41) is 13.5. The molecule has 0 atom stereocenters. The molecule has 2 N–H and O–H groups in total. The summed E-state index contributed by atoms with van der Waals surface area (Å²) in [5.41, 5.74) is 6.50. The van der Waals surface area contributed by atoms with Crippen molar-refractivity contribution in [2.24, 2.45) is 5.10 Å². The van der Waals surface area contributed by atoms with Crippen molar-refractivity contribution in [1.82, 2.24) is 9.97 Å². The van der Waals surface area contributed by atoms with E-state index in [2.05, 4.69) is 20.5 Å². The number of ketones is 1. The summed E-state index contributed by atoms with van der Waals surface area (Å²) in [6.45, 7) is 1.55. The molecule has 0 fully saturated rings. The maximum atomic E-state index is 12.3. The normalized spacial score (nSPS) is 10.7. The van der Waals surface area contributed by atoms with E-state index < -0.39 is 5.56 Å². The second-order valence-electron chi connectivity index (χ2n) is 7.24. The summed E-state index contributed by atoms with van der Waals surface area (Å²) in [5.74, 6) is 0.156. The molecule has 4 rings (SSSR count). The van der Waals surface area contributed by atoms with Crippen LogP contribution in [-0.2, 0) is 0 Å². The Balaban J connectivity index is 1.52. The number of aromatic nitrogens is 2. The largest absolute Gasteiger partial charge is 0.295 e. The zero-order chi connectivity index (χ0) is 23.2. The number of benzene rings is 3. The Morgan fingerprint density at radius 3 is 2.42 bits per heavy atom. The number of carbonyl (C=O) groups is 1. The van der Waals surface area contributed by atoms with Gasteiger partial charge in [0.2, 0.25) is 5.95 Å². The Kier molecular flexibility index (Phi) is 6.19. The molecule has 0 saturated heterocycles. The van der Waals surface area contributed by atoms with E-state index in [1.807, 2.05) is 66.7 Å². The molecule has 1 heterocycles. The van der Waals surface area contributed by atoms with Crippen molar-refractivity contribution in [3.63, 3.8) is 0 Å². The Labute approximate surface area is 190 Å². The minimum Gasteiger partial charge on any atom is -0.295 e. The number of nitrogens with zero attached hydrogens (tertiary/aromatic N) is 3. The van der Waals surface area contributed by atoms with Gasteiger partial charge in [0.05, 0.1) is 11.9 Å². The number of H-pyrrole nitrogens is 1. The van der Waals surface area contributed by atoms with Crippen LogP contribution in [0.5, 0.6) is 0 Å². The number of hydrazone groups is 1. The summed E-state index contributed by atoms with van der Waals surface area (Å²) in [4.78, 5) is 30.8. The lowest BCUT2D eigenvalue weighted by Crippen LogP contribution is -2.16. The Morgan fingerprint density at radius 1 is 1.00 bits per heavy atom. The fraction of sp³-hybridized carbons (Fsp3) is 0.0385. The van der Waals surface area contributed by atoms with Gasteiger partial charge >= 0.3 is 0 Å². The van der Waals surface area contributed by atoms with E-state index in [-0.39, 0.29) is 23.0 Å². The third kappa shape index (κ3) is 4.92. The molecule has 7 nitrogen and oxygen atoms in total. The summed E-state index contributed by atoms with van der Waals surface area (Å²) in [6.07, 6.45) is 1.59. The predicted molar refractivity (Wildman–Crippen MR) is 128 cm³/mol. The van der Waals surface area contributed by atoms with Crippen LogP contribution in [0.25, 0.3) is 22.4 Å². The van der Waals surface area contributed by atoms with Gasteiger partial charge in [0.1, 0.15) is 11.6 Å². The molecule has 0 amide bonds. The summed E-state index contributed by atoms with van der Waals surface area (Å²) < 4.78 is 0. The number of rotatable bonds is 6. The number of Topliss-reactive ketones (excluding diaryl/α,β-unsaturated/α-hetero) is 1. The van der Waals surface area contributed by atoms with Crippen LogP contribution in [0.2, 0.25) is 0 Å². The first kappa shape index (κ1) is 21.4. The number of aromatic amines is 1. The topological polar surface area (TPSA) is 111 Å². The van der Waals surface area contributed by atoms with Crippen molar-refractivity contribution in [2.45, 2.75) is 6.92 Å². The Hall–Kier alpha value is -4.83. The molecule has 1 aromatic heterocycles. The fourth-order valence-corrected chi connectivity index (χ4v) is 3.28. The standard InChI is InChI=1S/C26H19N5O2/c1-17(32)21-8-5-9-22(14-21)19-12-10-18(11-13-19)16-28-31-26-29-24(20-6-3-2-4-7-20)23(15-27)25(33)30-26/h2-14,16H,1H3,(H2,29,30,31,33). The Morgan fingerprint density at radius 2 is 1.73 bits per heavy atom. The van der Waals surface area contributed by atoms with E-state index in [9.17, 15) is 14.9 Å². The van der Waals surface area contributed by atoms with Gasteiger partial charge < -0.3 is 0 Å². The lowest BCUT2D eigenvalue weighted by molar-refractivity contribution is 0.101. The second kappa shape index (κ2) is 9.54. The van der Waals surface area contributed by atoms with E-state index in [1.54, 1.807) is 31.3 Å². The van der Waals surface area contributed by atoms with Crippen molar-refractivity contribution in [3.05, 3.63) is 106 Å². The molecular formula is C26H19N5O2. The third-order valence-corrected chi connectivity index (χ3v) is 4.98. The number of hydrogen-bond donors (Lipinski definition) is 2. The van der Waals surface area contributed by atoms with Crippen molar-refractivity contribution in [2.75, 3.05) is 5.43 Å². The fourth-order valence-electron chi connectivity index (χ4n) is 3.28. The average Bonchev–Trinajstić information content (AvgIpc) is 2.85. The number of anilines is 1. The minimum absolute atomic E-state index is 0.0246. The van der Waals surface area contributed by atoms with Crippen LogP contribution in [0.1, 0.15) is 28.4 Å². The molecular weight excluding hydrogens is 414 g/mol. The zero-order valence-electron chi connectivity index (χ0n) is 17.7. The van der Waals surface area contributed by atoms with Crippen LogP contribution in [0.4, 0.5) is 5.95 Å². The van der Waals surface area contributed by atoms with Gasteiger partial charge in [0, 0.05) is 11.1 Å². The quantitative estimate of drug-likeness (QED) is 0.262. The average molecular weight is 433 g/mol. The molecule has 7 heteroatoms. The van der Waals surface area contributed by atoms with Gasteiger partial charge in [-0.3, -0.25) is 14.6 Å². The summed E-state index contributed by atoms with van der Waals surface area (Å²) in [7, 11) is 0. The second-order valence-corrected chi connectivity index (χ2v) is 7.24. The van der Waals surface area contributed by atoms with Crippen molar-refractivity contribution in [3.8, 4) is 28.5 Å². The van der Waals surface area contributed by atoms with Gasteiger partial charge in [0.15, 0.2) is 5.78 Å². The molecule has 0 unspecified atom stereocenters. The molecule has 0 aliphatic rings. The van der Waals surface area contributed by atoms with E-state index in [0.29, 0.717) is 11.1 Å². The zero-order valence-corrected chi connectivity index (χ0v) is 17.7. The van der Waals surface area contributed by atoms with Crippen LogP contribution in [0.15, 0.2) is 88.8 Å². The van der Waals surface area contributed by atoms with Crippen molar-refractivity contribution in [1.29, 1.82) is 5.26 Å². The molecule has 0 aliphatic carbocycles. The first-order valence-corrected chi connectivity index (χ1v) is 10.2. The smallest absolute Gasteiger partial charge is 0.270 e. The number of nitrogens with one attached hydrogen (secondary N) is 2. The summed E-state index contributed by atoms with van der Waals surface area (Å²) >= 11 is 0. The van der Waals surface area contributed by atoms with Crippen LogP contribution in [-0.4, -0.2) is 22.0 Å². The molecule has 0 spiro atoms.